The minimum atomic E-state index is -1.51. The Morgan fingerprint density at radius 3 is 2.46 bits per heavy atom. The van der Waals surface area contributed by atoms with Crippen LogP contribution in [-0.2, 0) is 26.1 Å². The van der Waals surface area contributed by atoms with Gasteiger partial charge < -0.3 is 30.7 Å². The molecule has 0 aliphatic rings. The lowest BCUT2D eigenvalue weighted by Crippen LogP contribution is -2.38. The summed E-state index contributed by atoms with van der Waals surface area (Å²) in [6, 6.07) is 0.343. The van der Waals surface area contributed by atoms with E-state index in [0.29, 0.717) is 0 Å². The first-order valence-corrected chi connectivity index (χ1v) is 7.91. The third-order valence-electron chi connectivity index (χ3n) is 3.46. The van der Waals surface area contributed by atoms with Gasteiger partial charge in [-0.25, -0.2) is 9.48 Å². The number of aromatic nitrogens is 2. The maximum atomic E-state index is 11.8. The molecule has 1 heterocycles. The average Bonchev–Trinajstić information content (AvgIpc) is 2.92. The fourth-order valence-electron chi connectivity index (χ4n) is 1.71. The van der Waals surface area contributed by atoms with E-state index < -0.39 is 36.8 Å². The van der Waals surface area contributed by atoms with Crippen molar-refractivity contribution in [2.75, 3.05) is 13.3 Å². The Kier molecular flexibility index (Phi) is 8.00. The third-order valence-corrected chi connectivity index (χ3v) is 3.46. The lowest BCUT2D eigenvalue weighted by atomic mass is 10.1. The van der Waals surface area contributed by atoms with E-state index in [1.54, 1.807) is 13.8 Å². The molecule has 1 unspecified atom stereocenters. The van der Waals surface area contributed by atoms with Gasteiger partial charge in [-0.1, -0.05) is 13.8 Å². The van der Waals surface area contributed by atoms with E-state index in [9.17, 15) is 24.6 Å². The number of amides is 1. The summed E-state index contributed by atoms with van der Waals surface area (Å²) >= 11 is 0. The monoisotopic (exact) mass is 372 g/mol. The number of aliphatic hydroxyl groups is 1. The van der Waals surface area contributed by atoms with Crippen LogP contribution in [0.4, 0.5) is 0 Å². The number of nitrogens with zero attached hydrogens (tertiary/aromatic N) is 2. The van der Waals surface area contributed by atoms with E-state index in [1.807, 2.05) is 0 Å². The predicted octanol–water partition coefficient (Wildman–Crippen LogP) is -1.37. The van der Waals surface area contributed by atoms with Gasteiger partial charge in [0.25, 0.3) is 5.91 Å². The fourth-order valence-corrected chi connectivity index (χ4v) is 1.71. The van der Waals surface area contributed by atoms with Crippen LogP contribution in [0.25, 0.3) is 0 Å². The number of carbonyl (C=O) groups is 3. The molecule has 2 atom stereocenters. The second-order valence-corrected chi connectivity index (χ2v) is 5.89. The van der Waals surface area contributed by atoms with Crippen LogP contribution in [-0.4, -0.2) is 63.3 Å². The molecule has 0 aliphatic heterocycles. The highest BCUT2D eigenvalue weighted by atomic mass is 16.7. The van der Waals surface area contributed by atoms with Crippen molar-refractivity contribution < 1.29 is 34.1 Å². The standard InChI is InChI=1S/C15H24N4O7/c1-8(2)12(16)15(24)26-7-25-14(23)10(20)4-5-17-13(22)9-6-11(21)19(3)18-9/h6,8,10,12,20-21H,4-5,7,16H2,1-3H3,(H,17,22)/t10?,12-/m0/s1. The zero-order valence-electron chi connectivity index (χ0n) is 14.8. The first kappa shape index (κ1) is 21.4. The van der Waals surface area contributed by atoms with Crippen molar-refractivity contribution in [2.24, 2.45) is 18.7 Å². The number of nitrogens with one attached hydrogen (secondary N) is 1. The average molecular weight is 372 g/mol. The molecule has 1 rings (SSSR count). The van der Waals surface area contributed by atoms with E-state index in [2.05, 4.69) is 19.9 Å². The SMILES string of the molecule is CC(C)[C@H](N)C(=O)OCOC(=O)C(O)CCNC(=O)c1cc(O)n(C)n1. The molecule has 0 saturated carbocycles. The van der Waals surface area contributed by atoms with Crippen LogP contribution in [0.15, 0.2) is 6.07 Å². The Bertz CT molecular complexity index is 624. The molecule has 146 valence electrons. The Balaban J connectivity index is 2.28. The molecule has 0 saturated heterocycles. The van der Waals surface area contributed by atoms with Crippen LogP contribution in [0, 0.1) is 5.92 Å². The number of carbonyl (C=O) groups excluding carboxylic acids is 3. The summed E-state index contributed by atoms with van der Waals surface area (Å²) in [5.41, 5.74) is 5.56. The van der Waals surface area contributed by atoms with E-state index in [4.69, 9.17) is 5.73 Å². The molecule has 0 aliphatic carbocycles. The van der Waals surface area contributed by atoms with Gasteiger partial charge in [0, 0.05) is 26.1 Å². The molecule has 0 radical (unpaired) electrons. The molecule has 1 aromatic rings. The van der Waals surface area contributed by atoms with Crippen molar-refractivity contribution in [3.05, 3.63) is 11.8 Å². The minimum absolute atomic E-state index is 0.00419. The highest BCUT2D eigenvalue weighted by Crippen LogP contribution is 2.08. The van der Waals surface area contributed by atoms with Gasteiger partial charge in [0.1, 0.15) is 6.04 Å². The van der Waals surface area contributed by atoms with Gasteiger partial charge in [0.15, 0.2) is 11.8 Å². The van der Waals surface area contributed by atoms with Gasteiger partial charge >= 0.3 is 11.9 Å². The Labute approximate surface area is 150 Å². The topological polar surface area (TPSA) is 166 Å². The molecule has 0 spiro atoms. The second-order valence-electron chi connectivity index (χ2n) is 5.89. The van der Waals surface area contributed by atoms with E-state index in [-0.39, 0.29) is 30.5 Å². The summed E-state index contributed by atoms with van der Waals surface area (Å²) in [7, 11) is 1.47. The minimum Gasteiger partial charge on any atom is -0.493 e. The maximum absolute atomic E-state index is 11.8. The second kappa shape index (κ2) is 9.73. The third kappa shape index (κ3) is 6.33. The summed E-state index contributed by atoms with van der Waals surface area (Å²) in [6.45, 7) is 2.78. The number of hydrogen-bond acceptors (Lipinski definition) is 9. The summed E-state index contributed by atoms with van der Waals surface area (Å²) in [5, 5.41) is 25.2. The highest BCUT2D eigenvalue weighted by molar-refractivity contribution is 5.92. The molecule has 11 heteroatoms. The van der Waals surface area contributed by atoms with Crippen LogP contribution in [0.3, 0.4) is 0 Å². The van der Waals surface area contributed by atoms with Gasteiger partial charge in [-0.3, -0.25) is 9.59 Å². The number of nitrogens with two attached hydrogens (primary N) is 1. The molecule has 0 bridgehead atoms. The van der Waals surface area contributed by atoms with Crippen molar-refractivity contribution >= 4 is 17.8 Å². The van der Waals surface area contributed by atoms with Crippen LogP contribution in [0.2, 0.25) is 0 Å². The first-order valence-electron chi connectivity index (χ1n) is 7.91. The predicted molar refractivity (Wildman–Crippen MR) is 87.7 cm³/mol. The number of rotatable bonds is 9. The van der Waals surface area contributed by atoms with Gasteiger partial charge in [0.2, 0.25) is 12.7 Å². The number of hydrogen-bond donors (Lipinski definition) is 4. The van der Waals surface area contributed by atoms with Crippen molar-refractivity contribution in [1.82, 2.24) is 15.1 Å². The molecule has 0 fully saturated rings. The molecule has 1 aromatic heterocycles. The normalized spacial score (nSPS) is 13.2. The van der Waals surface area contributed by atoms with E-state index in [1.165, 1.54) is 13.1 Å². The molecule has 11 nitrogen and oxygen atoms in total. The molecule has 1 amide bonds. The van der Waals surface area contributed by atoms with Crippen molar-refractivity contribution in [3.63, 3.8) is 0 Å². The number of aryl methyl sites for hydroxylation is 1. The van der Waals surface area contributed by atoms with Crippen LogP contribution < -0.4 is 11.1 Å². The quantitative estimate of drug-likeness (QED) is 0.302. The van der Waals surface area contributed by atoms with E-state index in [0.717, 1.165) is 4.68 Å². The molecule has 5 N–H and O–H groups in total. The van der Waals surface area contributed by atoms with Gasteiger partial charge in [-0.05, 0) is 5.92 Å². The van der Waals surface area contributed by atoms with Crippen LogP contribution in [0.1, 0.15) is 30.8 Å². The van der Waals surface area contributed by atoms with Crippen molar-refractivity contribution in [3.8, 4) is 5.88 Å². The molecule has 26 heavy (non-hydrogen) atoms. The zero-order valence-corrected chi connectivity index (χ0v) is 14.8. The fraction of sp³-hybridized carbons (Fsp3) is 0.600. The summed E-state index contributed by atoms with van der Waals surface area (Å²) in [4.78, 5) is 34.8. The van der Waals surface area contributed by atoms with Crippen molar-refractivity contribution in [1.29, 1.82) is 0 Å². The zero-order chi connectivity index (χ0) is 19.9. The molecule has 0 aromatic carbocycles. The van der Waals surface area contributed by atoms with E-state index >= 15 is 0 Å². The number of esters is 2. The van der Waals surface area contributed by atoms with Gasteiger partial charge in [0.05, 0.1) is 0 Å². The molecular formula is C15H24N4O7. The highest BCUT2D eigenvalue weighted by Gasteiger charge is 2.21. The number of aliphatic hydroxyl groups excluding tert-OH is 1. The number of ether oxygens (including phenoxy) is 2. The summed E-state index contributed by atoms with van der Waals surface area (Å²) in [5.74, 6) is -2.59. The maximum Gasteiger partial charge on any atom is 0.337 e. The Morgan fingerprint density at radius 1 is 1.31 bits per heavy atom. The largest absolute Gasteiger partial charge is 0.493 e. The summed E-state index contributed by atoms with van der Waals surface area (Å²) in [6.07, 6.45) is -1.63. The van der Waals surface area contributed by atoms with Gasteiger partial charge in [-0.15, -0.1) is 0 Å². The van der Waals surface area contributed by atoms with Crippen LogP contribution >= 0.6 is 0 Å². The summed E-state index contributed by atoms with van der Waals surface area (Å²) < 4.78 is 10.4. The first-order chi connectivity index (χ1) is 12.1. The smallest absolute Gasteiger partial charge is 0.337 e. The van der Waals surface area contributed by atoms with Crippen LogP contribution in [0.5, 0.6) is 5.88 Å². The molecular weight excluding hydrogens is 348 g/mol. The number of aromatic hydroxyl groups is 1. The van der Waals surface area contributed by atoms with Crippen molar-refractivity contribution in [2.45, 2.75) is 32.4 Å². The Hall–Kier alpha value is -2.66. The Morgan fingerprint density at radius 2 is 1.92 bits per heavy atom. The van der Waals surface area contributed by atoms with Gasteiger partial charge in [-0.2, -0.15) is 5.10 Å². The lowest BCUT2D eigenvalue weighted by Gasteiger charge is -2.15. The lowest BCUT2D eigenvalue weighted by molar-refractivity contribution is -0.174.